The number of nitrogens with zero attached hydrogens (tertiary/aromatic N) is 3. The molecule has 1 amide bonds. The van der Waals surface area contributed by atoms with Crippen molar-refractivity contribution in [1.82, 2.24) is 14.9 Å². The van der Waals surface area contributed by atoms with Gasteiger partial charge in [0.15, 0.2) is 0 Å². The molecule has 3 aromatic rings. The summed E-state index contributed by atoms with van der Waals surface area (Å²) in [6.07, 6.45) is 4.74. The minimum absolute atomic E-state index is 0.156. The summed E-state index contributed by atoms with van der Waals surface area (Å²) in [5.41, 5.74) is 4.77. The molecule has 2 N–H and O–H groups in total. The van der Waals surface area contributed by atoms with Gasteiger partial charge in [-0.2, -0.15) is 0 Å². The number of likely N-dealkylation sites (N-methyl/N-ethyl adjacent to an activating group) is 1. The molecule has 1 atom stereocenters. The number of anilines is 1. The lowest BCUT2D eigenvalue weighted by atomic mass is 10.0. The summed E-state index contributed by atoms with van der Waals surface area (Å²) in [7, 11) is 3.91. The van der Waals surface area contributed by atoms with Crippen molar-refractivity contribution < 1.29 is 9.90 Å². The van der Waals surface area contributed by atoms with Crippen LogP contribution in [0.3, 0.4) is 0 Å². The Balaban J connectivity index is 1.61. The third-order valence-electron chi connectivity index (χ3n) is 5.33. The van der Waals surface area contributed by atoms with Crippen LogP contribution >= 0.6 is 0 Å². The van der Waals surface area contributed by atoms with Gasteiger partial charge < -0.3 is 19.9 Å². The van der Waals surface area contributed by atoms with Crippen molar-refractivity contribution >= 4 is 11.7 Å². The summed E-state index contributed by atoms with van der Waals surface area (Å²) in [6.45, 7) is 0.798. The molecule has 0 unspecified atom stereocenters. The van der Waals surface area contributed by atoms with Crippen LogP contribution in [0, 0.1) is 0 Å². The Bertz CT molecular complexity index is 997. The van der Waals surface area contributed by atoms with Gasteiger partial charge in [0.05, 0.1) is 12.6 Å². The maximum absolute atomic E-state index is 12.9. The summed E-state index contributed by atoms with van der Waals surface area (Å²) in [6, 6.07) is 13.0. The molecule has 0 bridgehead atoms. The van der Waals surface area contributed by atoms with Crippen LogP contribution in [0.5, 0.6) is 0 Å². The molecule has 1 aliphatic rings. The van der Waals surface area contributed by atoms with Crippen LogP contribution in [-0.4, -0.2) is 40.8 Å². The number of pyridine rings is 1. The van der Waals surface area contributed by atoms with Crippen LogP contribution < -0.4 is 10.2 Å². The number of hydrogen-bond acceptors (Lipinski definition) is 4. The second kappa shape index (κ2) is 7.48. The quantitative estimate of drug-likeness (QED) is 0.718. The number of aromatic nitrogens is 2. The molecule has 6 nitrogen and oxygen atoms in total. The van der Waals surface area contributed by atoms with Crippen LogP contribution in [-0.2, 0) is 13.5 Å². The van der Waals surface area contributed by atoms with E-state index in [9.17, 15) is 9.90 Å². The molecule has 6 heteroatoms. The molecule has 1 aliphatic heterocycles. The molecule has 0 aliphatic carbocycles. The van der Waals surface area contributed by atoms with Crippen LogP contribution in [0.2, 0.25) is 0 Å². The second-order valence-electron chi connectivity index (χ2n) is 7.18. The van der Waals surface area contributed by atoms with Crippen LogP contribution in [0.1, 0.15) is 27.7 Å². The highest BCUT2D eigenvalue weighted by Crippen LogP contribution is 2.34. The van der Waals surface area contributed by atoms with E-state index in [0.29, 0.717) is 5.69 Å². The van der Waals surface area contributed by atoms with E-state index in [4.69, 9.17) is 0 Å². The van der Waals surface area contributed by atoms with E-state index in [1.54, 1.807) is 0 Å². The number of nitrogens with one attached hydrogen (secondary N) is 1. The normalized spacial score (nSPS) is 14.0. The summed E-state index contributed by atoms with van der Waals surface area (Å²) in [4.78, 5) is 19.5. The number of rotatable bonds is 5. The number of benzene rings is 1. The van der Waals surface area contributed by atoms with Crippen LogP contribution in [0.15, 0.2) is 54.9 Å². The third kappa shape index (κ3) is 3.27. The lowest BCUT2D eigenvalue weighted by Gasteiger charge is -2.16. The summed E-state index contributed by atoms with van der Waals surface area (Å²) < 4.78 is 1.83. The monoisotopic (exact) mass is 376 g/mol. The van der Waals surface area contributed by atoms with Gasteiger partial charge in [-0.05, 0) is 29.7 Å². The molecule has 0 radical (unpaired) electrons. The number of aliphatic hydroxyl groups is 1. The number of hydrogen-bond donors (Lipinski definition) is 2. The van der Waals surface area contributed by atoms with E-state index in [1.165, 1.54) is 5.56 Å². The first-order valence-corrected chi connectivity index (χ1v) is 9.41. The topological polar surface area (TPSA) is 70.4 Å². The SMILES string of the molecule is CN1CCc2c(-c3cc(C(=O)N[C@H](CO)c4ccccc4)n(C)c3)ccnc21. The second-order valence-corrected chi connectivity index (χ2v) is 7.18. The number of aliphatic hydroxyl groups excluding tert-OH is 1. The standard InChI is InChI=1S/C22H24N4O2/c1-25-11-9-18-17(8-10-23-21(18)25)16-12-20(26(2)13-16)22(28)24-19(14-27)15-6-4-3-5-7-15/h3-8,10,12-13,19,27H,9,11,14H2,1-2H3,(H,24,28)/t19-/m1/s1. The van der Waals surface area contributed by atoms with Gasteiger partial charge in [-0.25, -0.2) is 4.98 Å². The lowest BCUT2D eigenvalue weighted by molar-refractivity contribution is 0.0908. The van der Waals surface area contributed by atoms with Crippen molar-refractivity contribution in [1.29, 1.82) is 0 Å². The fourth-order valence-corrected chi connectivity index (χ4v) is 3.80. The summed E-state index contributed by atoms with van der Waals surface area (Å²) in [5, 5.41) is 12.7. The molecule has 144 valence electrons. The first kappa shape index (κ1) is 18.3. The van der Waals surface area contributed by atoms with Crippen molar-refractivity contribution in [2.24, 2.45) is 7.05 Å². The van der Waals surface area contributed by atoms with Crippen LogP contribution in [0.4, 0.5) is 5.82 Å². The summed E-state index contributed by atoms with van der Waals surface area (Å²) in [5.74, 6) is 0.802. The molecule has 2 aromatic heterocycles. The molecule has 0 saturated heterocycles. The van der Waals surface area contributed by atoms with Gasteiger partial charge in [-0.3, -0.25) is 4.79 Å². The third-order valence-corrected chi connectivity index (χ3v) is 5.33. The molecule has 4 rings (SSSR count). The predicted molar refractivity (Wildman–Crippen MR) is 109 cm³/mol. The molecule has 0 saturated carbocycles. The van der Waals surface area contributed by atoms with E-state index >= 15 is 0 Å². The van der Waals surface area contributed by atoms with Gasteiger partial charge in [-0.15, -0.1) is 0 Å². The Morgan fingerprint density at radius 1 is 1.25 bits per heavy atom. The lowest BCUT2D eigenvalue weighted by Crippen LogP contribution is -2.31. The minimum Gasteiger partial charge on any atom is -0.394 e. The molecular formula is C22H24N4O2. The van der Waals surface area contributed by atoms with Crippen molar-refractivity contribution in [3.63, 3.8) is 0 Å². The fraction of sp³-hybridized carbons (Fsp3) is 0.273. The minimum atomic E-state index is -0.439. The summed E-state index contributed by atoms with van der Waals surface area (Å²) >= 11 is 0. The van der Waals surface area contributed by atoms with Crippen molar-refractivity contribution in [2.45, 2.75) is 12.5 Å². The van der Waals surface area contributed by atoms with Crippen molar-refractivity contribution in [2.75, 3.05) is 25.1 Å². The van der Waals surface area contributed by atoms with Crippen molar-refractivity contribution in [3.8, 4) is 11.1 Å². The smallest absolute Gasteiger partial charge is 0.268 e. The number of fused-ring (bicyclic) bond motifs is 1. The number of carbonyl (C=O) groups is 1. The van der Waals surface area contributed by atoms with E-state index < -0.39 is 6.04 Å². The molecule has 0 spiro atoms. The average Bonchev–Trinajstić information content (AvgIpc) is 3.29. The fourth-order valence-electron chi connectivity index (χ4n) is 3.80. The van der Waals surface area contributed by atoms with E-state index in [0.717, 1.165) is 35.5 Å². The highest BCUT2D eigenvalue weighted by molar-refractivity contribution is 5.95. The Morgan fingerprint density at radius 2 is 2.04 bits per heavy atom. The van der Waals surface area contributed by atoms with E-state index in [1.807, 2.05) is 73.5 Å². The first-order valence-electron chi connectivity index (χ1n) is 9.41. The number of carbonyl (C=O) groups excluding carboxylic acids is 1. The molecule has 28 heavy (non-hydrogen) atoms. The van der Waals surface area contributed by atoms with Gasteiger partial charge >= 0.3 is 0 Å². The average molecular weight is 376 g/mol. The highest BCUT2D eigenvalue weighted by atomic mass is 16.3. The molecular weight excluding hydrogens is 352 g/mol. The molecule has 3 heterocycles. The van der Waals surface area contributed by atoms with Crippen LogP contribution in [0.25, 0.3) is 11.1 Å². The zero-order valence-corrected chi connectivity index (χ0v) is 16.1. The van der Waals surface area contributed by atoms with Gasteiger partial charge in [-0.1, -0.05) is 30.3 Å². The van der Waals surface area contributed by atoms with Crippen molar-refractivity contribution in [3.05, 3.63) is 71.7 Å². The Labute approximate surface area is 164 Å². The molecule has 0 fully saturated rings. The van der Waals surface area contributed by atoms with Gasteiger partial charge in [0.2, 0.25) is 0 Å². The predicted octanol–water partition coefficient (Wildman–Crippen LogP) is 2.54. The number of aryl methyl sites for hydroxylation is 1. The number of amides is 1. The zero-order chi connectivity index (χ0) is 19.7. The van der Waals surface area contributed by atoms with E-state index in [-0.39, 0.29) is 12.5 Å². The first-order chi connectivity index (χ1) is 13.6. The Kier molecular flexibility index (Phi) is 4.88. The maximum atomic E-state index is 12.9. The van der Waals surface area contributed by atoms with Gasteiger partial charge in [0, 0.05) is 44.2 Å². The van der Waals surface area contributed by atoms with Gasteiger partial charge in [0.25, 0.3) is 5.91 Å². The Morgan fingerprint density at radius 3 is 2.79 bits per heavy atom. The molecule has 1 aromatic carbocycles. The highest BCUT2D eigenvalue weighted by Gasteiger charge is 2.23. The largest absolute Gasteiger partial charge is 0.394 e. The zero-order valence-electron chi connectivity index (χ0n) is 16.1. The van der Waals surface area contributed by atoms with E-state index in [2.05, 4.69) is 15.2 Å². The van der Waals surface area contributed by atoms with Gasteiger partial charge in [0.1, 0.15) is 11.5 Å². The Hall–Kier alpha value is -3.12. The maximum Gasteiger partial charge on any atom is 0.268 e.